The van der Waals surface area contributed by atoms with Crippen LogP contribution in [0.5, 0.6) is 0 Å². The molecule has 0 saturated heterocycles. The van der Waals surface area contributed by atoms with Crippen LogP contribution in [-0.4, -0.2) is 22.1 Å². The summed E-state index contributed by atoms with van der Waals surface area (Å²) in [7, 11) is 2.09. The predicted molar refractivity (Wildman–Crippen MR) is 74.1 cm³/mol. The van der Waals surface area contributed by atoms with Crippen LogP contribution >= 0.6 is 0 Å². The number of nitrogens with two attached hydrogens (primary N) is 1. The molecule has 0 saturated carbocycles. The number of nitrogens with zero attached hydrogens (tertiary/aromatic N) is 2. The first kappa shape index (κ1) is 12.6. The van der Waals surface area contributed by atoms with Gasteiger partial charge in [0, 0.05) is 19.2 Å². The first-order chi connectivity index (χ1) is 8.54. The molecule has 4 heteroatoms. The fraction of sp³-hybridized carbons (Fsp3) is 0.357. The van der Waals surface area contributed by atoms with Gasteiger partial charge in [-0.15, -0.1) is 0 Å². The molecule has 0 fully saturated rings. The van der Waals surface area contributed by atoms with Gasteiger partial charge >= 0.3 is 0 Å². The number of hydrogen-bond donors (Lipinski definition) is 2. The van der Waals surface area contributed by atoms with Gasteiger partial charge in [-0.3, -0.25) is 10.00 Å². The average molecular weight is 244 g/mol. The summed E-state index contributed by atoms with van der Waals surface area (Å²) < 4.78 is 0. The molecule has 0 amide bonds. The van der Waals surface area contributed by atoms with Crippen LogP contribution in [0.1, 0.15) is 22.4 Å². The summed E-state index contributed by atoms with van der Waals surface area (Å²) in [4.78, 5) is 2.24. The third-order valence-corrected chi connectivity index (χ3v) is 3.03. The van der Waals surface area contributed by atoms with Crippen molar-refractivity contribution in [3.8, 4) is 0 Å². The fourth-order valence-electron chi connectivity index (χ4n) is 2.12. The molecule has 0 unspecified atom stereocenters. The standard InChI is InChI=1S/C14H20N4/c1-10-4-5-12(11(2)6-10)8-18(3)9-13-7-14(15)17-16-13/h4-7H,8-9H2,1-3H3,(H3,15,16,17). The van der Waals surface area contributed by atoms with Crippen molar-refractivity contribution in [3.05, 3.63) is 46.6 Å². The zero-order valence-electron chi connectivity index (χ0n) is 11.2. The van der Waals surface area contributed by atoms with E-state index in [4.69, 9.17) is 5.73 Å². The zero-order chi connectivity index (χ0) is 13.1. The number of H-pyrrole nitrogens is 1. The second kappa shape index (κ2) is 5.23. The normalized spacial score (nSPS) is 11.1. The second-order valence-electron chi connectivity index (χ2n) is 4.92. The van der Waals surface area contributed by atoms with Crippen molar-refractivity contribution in [1.29, 1.82) is 0 Å². The van der Waals surface area contributed by atoms with E-state index in [-0.39, 0.29) is 0 Å². The van der Waals surface area contributed by atoms with E-state index in [9.17, 15) is 0 Å². The van der Waals surface area contributed by atoms with Crippen molar-refractivity contribution in [1.82, 2.24) is 15.1 Å². The maximum Gasteiger partial charge on any atom is 0.145 e. The number of benzene rings is 1. The van der Waals surface area contributed by atoms with E-state index in [1.165, 1.54) is 16.7 Å². The number of nitrogen functional groups attached to an aromatic ring is 1. The molecule has 1 aromatic heterocycles. The van der Waals surface area contributed by atoms with E-state index in [1.54, 1.807) is 0 Å². The minimum atomic E-state index is 0.546. The Bertz CT molecular complexity index is 530. The topological polar surface area (TPSA) is 57.9 Å². The van der Waals surface area contributed by atoms with Crippen LogP contribution < -0.4 is 5.73 Å². The molecular formula is C14H20N4. The van der Waals surface area contributed by atoms with Gasteiger partial charge in [0.1, 0.15) is 5.82 Å². The molecule has 2 aromatic rings. The highest BCUT2D eigenvalue weighted by atomic mass is 15.2. The van der Waals surface area contributed by atoms with Crippen molar-refractivity contribution in [2.75, 3.05) is 12.8 Å². The van der Waals surface area contributed by atoms with Crippen LogP contribution in [0.25, 0.3) is 0 Å². The highest BCUT2D eigenvalue weighted by Crippen LogP contribution is 2.14. The van der Waals surface area contributed by atoms with Gasteiger partial charge in [-0.2, -0.15) is 5.10 Å². The van der Waals surface area contributed by atoms with E-state index in [2.05, 4.69) is 54.2 Å². The first-order valence-corrected chi connectivity index (χ1v) is 6.09. The molecular weight excluding hydrogens is 224 g/mol. The van der Waals surface area contributed by atoms with Gasteiger partial charge in [-0.05, 0) is 32.0 Å². The van der Waals surface area contributed by atoms with Crippen LogP contribution in [-0.2, 0) is 13.1 Å². The monoisotopic (exact) mass is 244 g/mol. The highest BCUT2D eigenvalue weighted by molar-refractivity contribution is 5.31. The smallest absolute Gasteiger partial charge is 0.145 e. The Morgan fingerprint density at radius 2 is 2.00 bits per heavy atom. The lowest BCUT2D eigenvalue weighted by atomic mass is 10.1. The predicted octanol–water partition coefficient (Wildman–Crippen LogP) is 2.24. The quantitative estimate of drug-likeness (QED) is 0.867. The number of anilines is 1. The lowest BCUT2D eigenvalue weighted by molar-refractivity contribution is 0.314. The summed E-state index contributed by atoms with van der Waals surface area (Å²) >= 11 is 0. The third kappa shape index (κ3) is 3.11. The molecule has 0 radical (unpaired) electrons. The molecule has 1 aromatic carbocycles. The lowest BCUT2D eigenvalue weighted by Gasteiger charge is -2.17. The summed E-state index contributed by atoms with van der Waals surface area (Å²) in [6, 6.07) is 8.45. The Kier molecular flexibility index (Phi) is 3.67. The molecule has 3 N–H and O–H groups in total. The maximum atomic E-state index is 5.59. The van der Waals surface area contributed by atoms with Gasteiger partial charge in [-0.1, -0.05) is 23.8 Å². The van der Waals surface area contributed by atoms with Crippen LogP contribution in [0.2, 0.25) is 0 Å². The van der Waals surface area contributed by atoms with Crippen LogP contribution in [0.15, 0.2) is 24.3 Å². The Balaban J connectivity index is 2.00. The molecule has 2 rings (SSSR count). The number of aryl methyl sites for hydroxylation is 2. The fourth-order valence-corrected chi connectivity index (χ4v) is 2.12. The van der Waals surface area contributed by atoms with Gasteiger partial charge in [0.2, 0.25) is 0 Å². The molecule has 96 valence electrons. The van der Waals surface area contributed by atoms with Crippen LogP contribution in [0.4, 0.5) is 5.82 Å². The van der Waals surface area contributed by atoms with E-state index in [0.29, 0.717) is 5.82 Å². The lowest BCUT2D eigenvalue weighted by Crippen LogP contribution is -2.18. The minimum Gasteiger partial charge on any atom is -0.382 e. The van der Waals surface area contributed by atoms with Crippen molar-refractivity contribution in [2.45, 2.75) is 26.9 Å². The summed E-state index contributed by atoms with van der Waals surface area (Å²) in [5.74, 6) is 0.546. The molecule has 0 aliphatic heterocycles. The van der Waals surface area contributed by atoms with E-state index in [1.807, 2.05) is 6.07 Å². The van der Waals surface area contributed by atoms with Crippen molar-refractivity contribution < 1.29 is 0 Å². The molecule has 1 heterocycles. The van der Waals surface area contributed by atoms with Crippen molar-refractivity contribution in [3.63, 3.8) is 0 Å². The average Bonchev–Trinajstić information content (AvgIpc) is 2.68. The summed E-state index contributed by atoms with van der Waals surface area (Å²) in [5.41, 5.74) is 10.6. The Hall–Kier alpha value is -1.81. The highest BCUT2D eigenvalue weighted by Gasteiger charge is 2.06. The number of aromatic nitrogens is 2. The molecule has 18 heavy (non-hydrogen) atoms. The molecule has 0 aliphatic carbocycles. The zero-order valence-corrected chi connectivity index (χ0v) is 11.2. The minimum absolute atomic E-state index is 0.546. The molecule has 0 spiro atoms. The summed E-state index contributed by atoms with van der Waals surface area (Å²) in [6.07, 6.45) is 0. The van der Waals surface area contributed by atoms with Gasteiger partial charge < -0.3 is 5.73 Å². The number of hydrogen-bond acceptors (Lipinski definition) is 3. The van der Waals surface area contributed by atoms with Crippen LogP contribution in [0, 0.1) is 13.8 Å². The third-order valence-electron chi connectivity index (χ3n) is 3.03. The molecule has 0 aliphatic rings. The number of rotatable bonds is 4. The van der Waals surface area contributed by atoms with E-state index < -0.39 is 0 Å². The molecule has 0 atom stereocenters. The SMILES string of the molecule is Cc1ccc(CN(C)Cc2cc(N)n[nH]2)c(C)c1. The van der Waals surface area contributed by atoms with Crippen molar-refractivity contribution in [2.24, 2.45) is 0 Å². The van der Waals surface area contributed by atoms with Gasteiger partial charge in [0.05, 0.1) is 5.69 Å². The Morgan fingerprint density at radius 3 is 2.61 bits per heavy atom. The number of nitrogens with one attached hydrogen (secondary N) is 1. The van der Waals surface area contributed by atoms with Crippen molar-refractivity contribution >= 4 is 5.82 Å². The number of aromatic amines is 1. The van der Waals surface area contributed by atoms with E-state index in [0.717, 1.165) is 18.8 Å². The summed E-state index contributed by atoms with van der Waals surface area (Å²) in [6.45, 7) is 6.01. The first-order valence-electron chi connectivity index (χ1n) is 6.09. The maximum absolute atomic E-state index is 5.59. The van der Waals surface area contributed by atoms with Gasteiger partial charge in [-0.25, -0.2) is 0 Å². The largest absolute Gasteiger partial charge is 0.382 e. The van der Waals surface area contributed by atoms with Crippen LogP contribution in [0.3, 0.4) is 0 Å². The summed E-state index contributed by atoms with van der Waals surface area (Å²) in [5, 5.41) is 6.86. The van der Waals surface area contributed by atoms with Gasteiger partial charge in [0.15, 0.2) is 0 Å². The van der Waals surface area contributed by atoms with Gasteiger partial charge in [0.25, 0.3) is 0 Å². The Labute approximate surface area is 108 Å². The Morgan fingerprint density at radius 1 is 1.22 bits per heavy atom. The molecule has 4 nitrogen and oxygen atoms in total. The molecule has 0 bridgehead atoms. The second-order valence-corrected chi connectivity index (χ2v) is 4.92. The van der Waals surface area contributed by atoms with E-state index >= 15 is 0 Å².